The van der Waals surface area contributed by atoms with Crippen molar-refractivity contribution in [3.05, 3.63) is 29.3 Å². The van der Waals surface area contributed by atoms with Crippen LogP contribution in [0.5, 0.6) is 0 Å². The molecule has 0 radical (unpaired) electrons. The second kappa shape index (κ2) is 7.09. The van der Waals surface area contributed by atoms with Gasteiger partial charge in [-0.25, -0.2) is 8.42 Å². The minimum Gasteiger partial charge on any atom is -0.341 e. The first-order valence-electron chi connectivity index (χ1n) is 7.74. The average Bonchev–Trinajstić information content (AvgIpc) is 2.45. The van der Waals surface area contributed by atoms with Gasteiger partial charge in [0.1, 0.15) is 6.04 Å². The number of nitrogens with zero attached hydrogens (tertiary/aromatic N) is 2. The van der Waals surface area contributed by atoms with Gasteiger partial charge in [0.2, 0.25) is 15.9 Å². The lowest BCUT2D eigenvalue weighted by Gasteiger charge is -2.36. The van der Waals surface area contributed by atoms with Crippen LogP contribution in [0.15, 0.2) is 24.3 Å². The van der Waals surface area contributed by atoms with Crippen LogP contribution in [-0.2, 0) is 14.8 Å². The summed E-state index contributed by atoms with van der Waals surface area (Å²) in [6.07, 6.45) is 3.16. The summed E-state index contributed by atoms with van der Waals surface area (Å²) in [4.78, 5) is 14.5. The Labute approximate surface area is 143 Å². The molecule has 2 atom stereocenters. The molecule has 23 heavy (non-hydrogen) atoms. The predicted molar refractivity (Wildman–Crippen MR) is 93.2 cm³/mol. The Bertz CT molecular complexity index is 678. The summed E-state index contributed by atoms with van der Waals surface area (Å²) in [5.74, 6) is 0.278. The van der Waals surface area contributed by atoms with Gasteiger partial charge in [-0.05, 0) is 43.9 Å². The molecular weight excluding hydrogens is 336 g/mol. The number of anilines is 1. The number of sulfonamides is 1. The Balaban J connectivity index is 2.30. The van der Waals surface area contributed by atoms with E-state index in [1.165, 1.54) is 0 Å². The van der Waals surface area contributed by atoms with Crippen LogP contribution < -0.4 is 4.31 Å². The molecule has 128 valence electrons. The Morgan fingerprint density at radius 3 is 2.70 bits per heavy atom. The highest BCUT2D eigenvalue weighted by molar-refractivity contribution is 7.92. The van der Waals surface area contributed by atoms with Crippen molar-refractivity contribution in [1.29, 1.82) is 0 Å². The lowest BCUT2D eigenvalue weighted by Crippen LogP contribution is -2.51. The van der Waals surface area contributed by atoms with Crippen LogP contribution in [0, 0.1) is 5.92 Å². The smallest absolute Gasteiger partial charge is 0.246 e. The Morgan fingerprint density at radius 2 is 2.13 bits per heavy atom. The van der Waals surface area contributed by atoms with Crippen LogP contribution in [0.2, 0.25) is 5.02 Å². The van der Waals surface area contributed by atoms with Crippen molar-refractivity contribution in [3.63, 3.8) is 0 Å². The Kier molecular flexibility index (Phi) is 5.57. The fraction of sp³-hybridized carbons (Fsp3) is 0.562. The number of carbonyl (C=O) groups is 1. The van der Waals surface area contributed by atoms with Gasteiger partial charge in [-0.3, -0.25) is 9.10 Å². The fourth-order valence-corrected chi connectivity index (χ4v) is 4.42. The highest BCUT2D eigenvalue weighted by Crippen LogP contribution is 2.26. The molecule has 1 aliphatic heterocycles. The monoisotopic (exact) mass is 358 g/mol. The van der Waals surface area contributed by atoms with Gasteiger partial charge >= 0.3 is 0 Å². The normalized spacial score (nSPS) is 20.2. The van der Waals surface area contributed by atoms with Crippen LogP contribution in [0.3, 0.4) is 0 Å². The van der Waals surface area contributed by atoms with E-state index in [0.29, 0.717) is 29.7 Å². The maximum atomic E-state index is 12.8. The summed E-state index contributed by atoms with van der Waals surface area (Å²) in [5, 5.41) is 0.433. The van der Waals surface area contributed by atoms with Gasteiger partial charge in [-0.1, -0.05) is 24.6 Å². The maximum absolute atomic E-state index is 12.8. The van der Waals surface area contributed by atoms with Crippen molar-refractivity contribution < 1.29 is 13.2 Å². The molecule has 1 fully saturated rings. The number of carbonyl (C=O) groups excluding carboxylic acids is 1. The first-order valence-corrected chi connectivity index (χ1v) is 9.96. The van der Waals surface area contributed by atoms with Crippen molar-refractivity contribution in [1.82, 2.24) is 4.90 Å². The SMILES string of the molecule is CC1CCCN(C(=O)C(C)N(c2cccc(Cl)c2)S(C)(=O)=O)C1. The van der Waals surface area contributed by atoms with E-state index in [0.717, 1.165) is 23.4 Å². The number of halogens is 1. The maximum Gasteiger partial charge on any atom is 0.246 e. The summed E-state index contributed by atoms with van der Waals surface area (Å²) in [7, 11) is -3.60. The number of likely N-dealkylation sites (tertiary alicyclic amines) is 1. The van der Waals surface area contributed by atoms with E-state index in [4.69, 9.17) is 11.6 Å². The molecule has 7 heteroatoms. The van der Waals surface area contributed by atoms with Crippen LogP contribution in [0.25, 0.3) is 0 Å². The topological polar surface area (TPSA) is 57.7 Å². The first-order chi connectivity index (χ1) is 10.7. The molecule has 1 aromatic carbocycles. The highest BCUT2D eigenvalue weighted by Gasteiger charge is 2.33. The van der Waals surface area contributed by atoms with E-state index in [1.54, 1.807) is 36.1 Å². The number of amides is 1. The van der Waals surface area contributed by atoms with Gasteiger partial charge in [0.05, 0.1) is 11.9 Å². The molecule has 2 unspecified atom stereocenters. The van der Waals surface area contributed by atoms with Crippen molar-refractivity contribution in [2.24, 2.45) is 5.92 Å². The molecule has 1 aliphatic rings. The summed E-state index contributed by atoms with van der Waals surface area (Å²) >= 11 is 5.97. The predicted octanol–water partition coefficient (Wildman–Crippen LogP) is 2.75. The molecule has 0 N–H and O–H groups in total. The molecule has 1 heterocycles. The molecule has 0 spiro atoms. The Morgan fingerprint density at radius 1 is 1.43 bits per heavy atom. The summed E-state index contributed by atoms with van der Waals surface area (Å²) in [6, 6.07) is 5.76. The van der Waals surface area contributed by atoms with Gasteiger partial charge in [-0.2, -0.15) is 0 Å². The second-order valence-electron chi connectivity index (χ2n) is 6.25. The molecule has 0 aromatic heterocycles. The van der Waals surface area contributed by atoms with E-state index in [2.05, 4.69) is 6.92 Å². The van der Waals surface area contributed by atoms with Crippen molar-refractivity contribution in [2.75, 3.05) is 23.7 Å². The molecule has 0 aliphatic carbocycles. The van der Waals surface area contributed by atoms with E-state index in [-0.39, 0.29) is 5.91 Å². The molecular formula is C16H23ClN2O3S. The van der Waals surface area contributed by atoms with Crippen molar-refractivity contribution >= 4 is 33.2 Å². The van der Waals surface area contributed by atoms with E-state index in [1.807, 2.05) is 0 Å². The zero-order valence-electron chi connectivity index (χ0n) is 13.7. The molecule has 1 amide bonds. The minimum atomic E-state index is -3.60. The number of hydrogen-bond donors (Lipinski definition) is 0. The quantitative estimate of drug-likeness (QED) is 0.831. The van der Waals surface area contributed by atoms with E-state index >= 15 is 0 Å². The molecule has 0 bridgehead atoms. The molecule has 2 rings (SSSR count). The summed E-state index contributed by atoms with van der Waals surface area (Å²) in [6.45, 7) is 5.09. The van der Waals surface area contributed by atoms with Gasteiger partial charge in [-0.15, -0.1) is 0 Å². The largest absolute Gasteiger partial charge is 0.341 e. The van der Waals surface area contributed by atoms with Crippen molar-refractivity contribution in [2.45, 2.75) is 32.7 Å². The highest BCUT2D eigenvalue weighted by atomic mass is 35.5. The second-order valence-corrected chi connectivity index (χ2v) is 8.54. The number of benzene rings is 1. The van der Waals surface area contributed by atoms with Crippen molar-refractivity contribution in [3.8, 4) is 0 Å². The summed E-state index contributed by atoms with van der Waals surface area (Å²) in [5.41, 5.74) is 0.408. The first kappa shape index (κ1) is 18.1. The molecule has 5 nitrogen and oxygen atoms in total. The van der Waals surface area contributed by atoms with Gasteiger partial charge in [0.15, 0.2) is 0 Å². The molecule has 1 saturated heterocycles. The molecule has 0 saturated carbocycles. The van der Waals surface area contributed by atoms with Crippen LogP contribution >= 0.6 is 11.6 Å². The standard InChI is InChI=1S/C16H23ClN2O3S/c1-12-6-5-9-18(11-12)16(20)13(2)19(23(3,21)22)15-8-4-7-14(17)10-15/h4,7-8,10,12-13H,5-6,9,11H2,1-3H3. The van der Waals surface area contributed by atoms with Crippen LogP contribution in [-0.4, -0.2) is 44.6 Å². The third kappa shape index (κ3) is 4.38. The average molecular weight is 359 g/mol. The number of piperidine rings is 1. The number of rotatable bonds is 4. The Hall–Kier alpha value is -1.27. The van der Waals surface area contributed by atoms with Crippen LogP contribution in [0.1, 0.15) is 26.7 Å². The van der Waals surface area contributed by atoms with Gasteiger partial charge in [0, 0.05) is 18.1 Å². The zero-order valence-corrected chi connectivity index (χ0v) is 15.3. The van der Waals surface area contributed by atoms with Crippen LogP contribution in [0.4, 0.5) is 5.69 Å². The molecule has 1 aromatic rings. The fourth-order valence-electron chi connectivity index (χ4n) is 3.07. The van der Waals surface area contributed by atoms with E-state index in [9.17, 15) is 13.2 Å². The lowest BCUT2D eigenvalue weighted by atomic mass is 10.00. The van der Waals surface area contributed by atoms with Gasteiger partial charge in [0.25, 0.3) is 0 Å². The zero-order chi connectivity index (χ0) is 17.2. The third-order valence-corrected chi connectivity index (χ3v) is 5.57. The third-order valence-electron chi connectivity index (χ3n) is 4.10. The minimum absolute atomic E-state index is 0.165. The summed E-state index contributed by atoms with van der Waals surface area (Å²) < 4.78 is 25.6. The van der Waals surface area contributed by atoms with E-state index < -0.39 is 16.1 Å². The van der Waals surface area contributed by atoms with Gasteiger partial charge < -0.3 is 4.90 Å². The lowest BCUT2D eigenvalue weighted by molar-refractivity contribution is -0.133. The number of hydrogen-bond acceptors (Lipinski definition) is 3.